The maximum absolute atomic E-state index is 15.2. The molecule has 2 heterocycles. The number of amides is 9. The lowest BCUT2D eigenvalue weighted by Gasteiger charge is -2.40. The summed E-state index contributed by atoms with van der Waals surface area (Å²) in [5.41, 5.74) is 0. The van der Waals surface area contributed by atoms with Crippen LogP contribution in [-0.2, 0) is 71.7 Å². The third-order valence-corrected chi connectivity index (χ3v) is 19.6. The van der Waals surface area contributed by atoms with Crippen molar-refractivity contribution in [2.45, 2.75) is 254 Å². The van der Waals surface area contributed by atoms with E-state index in [0.29, 0.717) is 32.5 Å². The zero-order valence-electron chi connectivity index (χ0n) is 63.9. The number of ketones is 2. The van der Waals surface area contributed by atoms with Crippen LogP contribution in [0.15, 0.2) is 0 Å². The van der Waals surface area contributed by atoms with Crippen LogP contribution in [-0.4, -0.2) is 266 Å². The number of esters is 1. The van der Waals surface area contributed by atoms with Gasteiger partial charge in [0.05, 0.1) is 38.6 Å². The summed E-state index contributed by atoms with van der Waals surface area (Å²) in [6, 6.07) is -11.6. The summed E-state index contributed by atoms with van der Waals surface area (Å²) in [5.74, 6) is -11.8. The molecule has 26 heteroatoms. The molecule has 14 atom stereocenters. The van der Waals surface area contributed by atoms with Crippen LogP contribution >= 0.6 is 0 Å². The molecule has 0 aromatic rings. The summed E-state index contributed by atoms with van der Waals surface area (Å²) in [5, 5.41) is 20.4. The molecule has 0 spiro atoms. The van der Waals surface area contributed by atoms with Gasteiger partial charge in [0, 0.05) is 93.1 Å². The van der Waals surface area contributed by atoms with E-state index in [4.69, 9.17) is 14.2 Å². The number of ether oxygens (including phenoxy) is 3. The number of morpholine rings is 1. The molecule has 0 radical (unpaired) electrons. The Balaban J connectivity index is 2.99. The van der Waals surface area contributed by atoms with Crippen LogP contribution in [0.4, 0.5) is 0 Å². The smallest absolute Gasteiger partial charge is 0.305 e. The molecule has 562 valence electrons. The zero-order chi connectivity index (χ0) is 74.9. The van der Waals surface area contributed by atoms with Crippen molar-refractivity contribution >= 4 is 70.7 Å². The monoisotopic (exact) mass is 1390 g/mol. The largest absolute Gasteiger partial charge is 0.469 e. The fourth-order valence-electron chi connectivity index (χ4n) is 13.1. The van der Waals surface area contributed by atoms with Gasteiger partial charge in [-0.2, -0.15) is 0 Å². The van der Waals surface area contributed by atoms with E-state index in [-0.39, 0.29) is 75.7 Å². The topological polar surface area (TPSA) is 312 Å². The number of likely N-dealkylation sites (N-methyl/N-ethyl adjacent to an activating group) is 6. The summed E-state index contributed by atoms with van der Waals surface area (Å²) >= 11 is 0. The summed E-state index contributed by atoms with van der Waals surface area (Å²) in [4.78, 5) is 185. The average Bonchev–Trinajstić information content (AvgIpc) is 0.818. The standard InChI is InChI=1S/C72H128N10O16/c1-24-53-70(93)76(17)50(15)68(91)81(22)62(51(16)98-34-28-27-31-82-32-35-97-36-33-82)58(84)41-52(45(8)9)69(92)77(18)54(37-42(2)3)57(83)40-48(13)64(87)73-49(14)67(90)78(19)55(38-43(4)5)71(94)79(20)56(39-44(6)7)72(95)80(21)61(46(10)11)66(89)75-60(65(88)74-53)63(86)47(12)29-25-26-30-59(85)96-23/h42-56,60-63,86H,24-41H2,1-23H3,(H,73,87)(H,74,88)(H,75,89)/t47-,48-,49-,50-,51-,52+,53+,54+,55+,56+,60+,61+,62+,63-/m1/s1. The molecular formula is C72H128N10O16. The number of carbonyl (C=O) groups is 12. The summed E-state index contributed by atoms with van der Waals surface area (Å²) in [6.07, 6.45) is -0.170. The number of Topliss-reactive ketones (excluding diaryl/α,β-unsaturated/α-hetero) is 2. The third kappa shape index (κ3) is 26.1. The Kier molecular flexibility index (Phi) is 37.9. The lowest BCUT2D eigenvalue weighted by molar-refractivity contribution is -0.154. The first-order valence-corrected chi connectivity index (χ1v) is 35.9. The fraction of sp³-hybridized carbons (Fsp3) is 0.833. The second-order valence-corrected chi connectivity index (χ2v) is 29.7. The second kappa shape index (κ2) is 42.2. The molecule has 2 aliphatic heterocycles. The number of hydrogen-bond donors (Lipinski definition) is 4. The van der Waals surface area contributed by atoms with Gasteiger partial charge in [-0.1, -0.05) is 96.4 Å². The van der Waals surface area contributed by atoms with E-state index >= 15 is 28.8 Å². The summed E-state index contributed by atoms with van der Waals surface area (Å²) in [7, 11) is 9.90. The molecule has 0 aliphatic carbocycles. The summed E-state index contributed by atoms with van der Waals surface area (Å²) in [6.45, 7) is 31.6. The van der Waals surface area contributed by atoms with Crippen molar-refractivity contribution in [3.8, 4) is 0 Å². The normalized spacial score (nSPS) is 27.0. The molecule has 9 amide bonds. The van der Waals surface area contributed by atoms with E-state index in [0.717, 1.165) is 31.0 Å². The van der Waals surface area contributed by atoms with Crippen LogP contribution in [0.5, 0.6) is 0 Å². The van der Waals surface area contributed by atoms with Crippen molar-refractivity contribution in [3.63, 3.8) is 0 Å². The Hall–Kier alpha value is -6.12. The molecule has 98 heavy (non-hydrogen) atoms. The highest BCUT2D eigenvalue weighted by Gasteiger charge is 2.45. The molecule has 2 saturated heterocycles. The number of unbranched alkanes of at least 4 members (excludes halogenated alkanes) is 2. The highest BCUT2D eigenvalue weighted by molar-refractivity contribution is 6.00. The number of nitrogens with zero attached hydrogens (tertiary/aromatic N) is 7. The van der Waals surface area contributed by atoms with Crippen LogP contribution in [0.2, 0.25) is 0 Å². The van der Waals surface area contributed by atoms with Crippen molar-refractivity contribution in [2.24, 2.45) is 47.3 Å². The number of aliphatic hydroxyl groups excluding tert-OH is 1. The molecule has 4 N–H and O–H groups in total. The first kappa shape index (κ1) is 88.0. The quantitative estimate of drug-likeness (QED) is 0.0793. The second-order valence-electron chi connectivity index (χ2n) is 29.7. The molecule has 26 nitrogen and oxygen atoms in total. The number of hydrogen-bond acceptors (Lipinski definition) is 17. The first-order chi connectivity index (χ1) is 45.7. The van der Waals surface area contributed by atoms with Gasteiger partial charge in [-0.15, -0.1) is 0 Å². The average molecular weight is 1390 g/mol. The maximum Gasteiger partial charge on any atom is 0.305 e. The van der Waals surface area contributed by atoms with Crippen molar-refractivity contribution < 1.29 is 76.9 Å². The van der Waals surface area contributed by atoms with E-state index in [1.807, 2.05) is 41.5 Å². The van der Waals surface area contributed by atoms with Gasteiger partial charge in [0.15, 0.2) is 11.6 Å². The maximum atomic E-state index is 15.2. The van der Waals surface area contributed by atoms with Gasteiger partial charge in [0.1, 0.15) is 48.3 Å². The SMILES string of the molecule is CC[C@@H]1NC(=O)[C@H]([C@H](O)[C@H](C)CCCCC(=O)OC)NC(=O)[C@H](C(C)C)N(C)C(=O)[C@H](CC(C)C)N(C)C(=O)[C@H](CC(C)C)N(C)C(=O)[C@@H](C)NC(=O)[C@H](C)CC(=O)[C@H](CC(C)C)N(C)C(=O)[C@H](C(C)C)CC(=O)[C@H]([C@@H](C)OCCCCN2CCOCC2)N(C)C(=O)[C@@H](C)N(C)C1=O. The Morgan fingerprint density at radius 1 is 0.551 bits per heavy atom. The third-order valence-electron chi connectivity index (χ3n) is 19.6. The molecule has 0 aromatic carbocycles. The van der Waals surface area contributed by atoms with Gasteiger partial charge in [-0.3, -0.25) is 62.4 Å². The predicted octanol–water partition coefficient (Wildman–Crippen LogP) is 4.74. The van der Waals surface area contributed by atoms with Gasteiger partial charge >= 0.3 is 5.97 Å². The van der Waals surface area contributed by atoms with Gasteiger partial charge in [-0.05, 0) is 114 Å². The lowest BCUT2D eigenvalue weighted by atomic mass is 9.85. The molecule has 2 aliphatic rings. The number of nitrogens with one attached hydrogen (secondary N) is 3. The fourth-order valence-corrected chi connectivity index (χ4v) is 13.1. The molecule has 0 unspecified atom stereocenters. The minimum Gasteiger partial charge on any atom is -0.469 e. The molecule has 2 rings (SSSR count). The van der Waals surface area contributed by atoms with Gasteiger partial charge < -0.3 is 64.7 Å². The highest BCUT2D eigenvalue weighted by Crippen LogP contribution is 2.28. The minimum absolute atomic E-state index is 0.0317. The Labute approximate surface area is 586 Å². The van der Waals surface area contributed by atoms with Gasteiger partial charge in [-0.25, -0.2) is 0 Å². The summed E-state index contributed by atoms with van der Waals surface area (Å²) < 4.78 is 16.7. The lowest BCUT2D eigenvalue weighted by Crippen LogP contribution is -2.63. The van der Waals surface area contributed by atoms with E-state index in [9.17, 15) is 33.9 Å². The van der Waals surface area contributed by atoms with Crippen LogP contribution in [0.25, 0.3) is 0 Å². The van der Waals surface area contributed by atoms with Crippen molar-refractivity contribution in [1.29, 1.82) is 0 Å². The Bertz CT molecular complexity index is 2630. The Morgan fingerprint density at radius 2 is 1.07 bits per heavy atom. The van der Waals surface area contributed by atoms with Gasteiger partial charge in [0.25, 0.3) is 0 Å². The highest BCUT2D eigenvalue weighted by atomic mass is 16.5. The number of carbonyl (C=O) groups excluding carboxylic acids is 12. The number of aliphatic hydroxyl groups is 1. The van der Waals surface area contributed by atoms with Gasteiger partial charge in [0.2, 0.25) is 53.2 Å². The molecule has 0 aromatic heterocycles. The van der Waals surface area contributed by atoms with Crippen LogP contribution in [0.3, 0.4) is 0 Å². The predicted molar refractivity (Wildman–Crippen MR) is 374 cm³/mol. The Morgan fingerprint density at radius 3 is 1.59 bits per heavy atom. The van der Waals surface area contributed by atoms with E-state index in [2.05, 4.69) is 20.9 Å². The molecule has 2 fully saturated rings. The van der Waals surface area contributed by atoms with E-state index < -0.39 is 167 Å². The van der Waals surface area contributed by atoms with E-state index in [1.165, 1.54) is 87.7 Å². The van der Waals surface area contributed by atoms with Crippen molar-refractivity contribution in [2.75, 3.05) is 88.9 Å². The molecular weight excluding hydrogens is 1260 g/mol. The minimum atomic E-state index is -1.75. The van der Waals surface area contributed by atoms with Crippen molar-refractivity contribution in [3.05, 3.63) is 0 Å². The van der Waals surface area contributed by atoms with Crippen LogP contribution in [0, 0.1) is 47.3 Å². The van der Waals surface area contributed by atoms with Crippen molar-refractivity contribution in [1.82, 2.24) is 50.2 Å². The molecule has 0 bridgehead atoms. The number of methoxy groups -OCH3 is 1. The molecule has 0 saturated carbocycles. The number of rotatable bonds is 23. The van der Waals surface area contributed by atoms with Crippen LogP contribution < -0.4 is 16.0 Å². The first-order valence-electron chi connectivity index (χ1n) is 35.9. The zero-order valence-corrected chi connectivity index (χ0v) is 63.9. The van der Waals surface area contributed by atoms with Crippen LogP contribution in [0.1, 0.15) is 188 Å². The van der Waals surface area contributed by atoms with E-state index in [1.54, 1.807) is 55.4 Å².